The monoisotopic (exact) mass is 640 g/mol. The van der Waals surface area contributed by atoms with Crippen molar-refractivity contribution in [3.63, 3.8) is 0 Å². The van der Waals surface area contributed by atoms with E-state index in [4.69, 9.17) is 9.97 Å². The van der Waals surface area contributed by atoms with Crippen LogP contribution >= 0.6 is 0 Å². The maximum absolute atomic E-state index is 5.23. The van der Waals surface area contributed by atoms with Gasteiger partial charge in [0.25, 0.3) is 0 Å². The zero-order chi connectivity index (χ0) is 33.1. The molecular weight excluding hydrogens is 609 g/mol. The molecule has 0 N–H and O–H groups in total. The molecular formula is C46H32N4. The molecule has 0 saturated carbocycles. The van der Waals surface area contributed by atoms with Gasteiger partial charge in [-0.1, -0.05) is 123 Å². The number of aromatic nitrogens is 4. The lowest BCUT2D eigenvalue weighted by molar-refractivity contribution is 0.880. The van der Waals surface area contributed by atoms with Crippen LogP contribution < -0.4 is 0 Å². The molecule has 0 saturated heterocycles. The first kappa shape index (κ1) is 27.7. The Labute approximate surface area is 288 Å². The number of imidazole rings is 2. The van der Waals surface area contributed by atoms with Crippen molar-refractivity contribution < 1.29 is 0 Å². The van der Waals surface area contributed by atoms with Gasteiger partial charge in [0.1, 0.15) is 11.6 Å². The molecule has 9 aromatic carbocycles. The first-order chi connectivity index (χ1) is 24.7. The highest BCUT2D eigenvalue weighted by Crippen LogP contribution is 2.48. The molecule has 0 spiro atoms. The predicted octanol–water partition coefficient (Wildman–Crippen LogP) is 11.8. The first-order valence-electron chi connectivity index (χ1n) is 17.6. The molecule has 0 amide bonds. The molecule has 0 radical (unpaired) electrons. The fourth-order valence-corrected chi connectivity index (χ4v) is 8.92. The summed E-state index contributed by atoms with van der Waals surface area (Å²) in [5.41, 5.74) is 6.53. The minimum Gasteiger partial charge on any atom is -0.294 e. The van der Waals surface area contributed by atoms with Crippen LogP contribution in [0.1, 0.15) is 25.5 Å². The van der Waals surface area contributed by atoms with Gasteiger partial charge in [-0.3, -0.25) is 9.13 Å². The summed E-state index contributed by atoms with van der Waals surface area (Å²) in [6.07, 6.45) is 1.60. The molecule has 4 heteroatoms. The normalized spacial score (nSPS) is 12.4. The Morgan fingerprint density at radius 1 is 0.380 bits per heavy atom. The standard InChI is InChI=1S/C46H32N4/c1-3-39-47-35-21-5-7-23-37(35)49(39)45-33-19-11-17-31-29-15-9-13-27-25-26-28-14-10-16-30(42(28)41(27)29)32-18-12-20-34(44(32)43(31)33)46(45)50-38-24-8-6-22-36(38)48-40(50)4-2/h5-26H,3-4H2,1-2H3. The maximum atomic E-state index is 5.23. The summed E-state index contributed by atoms with van der Waals surface area (Å²) in [6, 6.07) is 49.2. The molecule has 0 aliphatic rings. The molecule has 0 aliphatic carbocycles. The van der Waals surface area contributed by atoms with Gasteiger partial charge in [0.15, 0.2) is 0 Å². The van der Waals surface area contributed by atoms with Crippen LogP contribution in [0.15, 0.2) is 133 Å². The smallest absolute Gasteiger partial charge is 0.114 e. The fourth-order valence-electron chi connectivity index (χ4n) is 8.92. The minimum absolute atomic E-state index is 0.799. The molecule has 0 aliphatic heterocycles. The van der Waals surface area contributed by atoms with E-state index in [1.165, 1.54) is 64.6 Å². The minimum atomic E-state index is 0.799. The van der Waals surface area contributed by atoms with Crippen LogP contribution in [-0.2, 0) is 12.8 Å². The summed E-state index contributed by atoms with van der Waals surface area (Å²) in [5, 5.41) is 15.2. The highest BCUT2D eigenvalue weighted by Gasteiger charge is 2.26. The average Bonchev–Trinajstić information content (AvgIpc) is 3.73. The summed E-state index contributed by atoms with van der Waals surface area (Å²) in [7, 11) is 0. The zero-order valence-electron chi connectivity index (χ0n) is 27.9. The second kappa shape index (κ2) is 10.1. The summed E-state index contributed by atoms with van der Waals surface area (Å²) < 4.78 is 4.89. The number of hydrogen-bond donors (Lipinski definition) is 0. The predicted molar refractivity (Wildman–Crippen MR) is 211 cm³/mol. The quantitative estimate of drug-likeness (QED) is 0.179. The van der Waals surface area contributed by atoms with Crippen molar-refractivity contribution in [3.8, 4) is 11.4 Å². The van der Waals surface area contributed by atoms with E-state index in [1.54, 1.807) is 0 Å². The molecule has 11 rings (SSSR count). The third-order valence-electron chi connectivity index (χ3n) is 10.9. The Morgan fingerprint density at radius 3 is 1.20 bits per heavy atom. The van der Waals surface area contributed by atoms with Gasteiger partial charge in [0.05, 0.1) is 33.4 Å². The van der Waals surface area contributed by atoms with Crippen molar-refractivity contribution in [2.75, 3.05) is 0 Å². The molecule has 0 fully saturated rings. The number of rotatable bonds is 4. The van der Waals surface area contributed by atoms with Crippen LogP contribution in [0, 0.1) is 0 Å². The zero-order valence-corrected chi connectivity index (χ0v) is 27.9. The van der Waals surface area contributed by atoms with E-state index in [9.17, 15) is 0 Å². The van der Waals surface area contributed by atoms with Gasteiger partial charge in [-0.2, -0.15) is 0 Å². The van der Waals surface area contributed by atoms with E-state index in [1.807, 2.05) is 0 Å². The summed E-state index contributed by atoms with van der Waals surface area (Å²) >= 11 is 0. The van der Waals surface area contributed by atoms with E-state index in [0.29, 0.717) is 0 Å². The van der Waals surface area contributed by atoms with E-state index >= 15 is 0 Å². The lowest BCUT2D eigenvalue weighted by Crippen LogP contribution is -2.10. The van der Waals surface area contributed by atoms with Crippen LogP contribution in [0.4, 0.5) is 0 Å². The van der Waals surface area contributed by atoms with Crippen LogP contribution in [0.3, 0.4) is 0 Å². The SMILES string of the molecule is CCc1nc2ccccc2n1-c1c(-n2c(CC)nc3ccccc32)c2cccc3c4cccc5ccc6cccc(c7cccc1c7c23)c6c54. The Morgan fingerprint density at radius 2 is 0.760 bits per heavy atom. The van der Waals surface area contributed by atoms with Crippen molar-refractivity contribution in [2.24, 2.45) is 0 Å². The second-order valence-corrected chi connectivity index (χ2v) is 13.4. The Balaban J connectivity index is 1.52. The Hall–Kier alpha value is -6.26. The van der Waals surface area contributed by atoms with Gasteiger partial charge in [-0.25, -0.2) is 9.97 Å². The largest absolute Gasteiger partial charge is 0.294 e. The maximum Gasteiger partial charge on any atom is 0.114 e. The summed E-state index contributed by atoms with van der Waals surface area (Å²) in [4.78, 5) is 10.5. The van der Waals surface area contributed by atoms with Crippen LogP contribution in [0.25, 0.3) is 98.1 Å². The Bertz CT molecular complexity index is 2960. The second-order valence-electron chi connectivity index (χ2n) is 13.4. The Kier molecular flexibility index (Phi) is 5.60. The van der Waals surface area contributed by atoms with E-state index < -0.39 is 0 Å². The third kappa shape index (κ3) is 3.50. The van der Waals surface area contributed by atoms with E-state index in [-0.39, 0.29) is 0 Å². The van der Waals surface area contributed by atoms with Gasteiger partial charge in [0, 0.05) is 34.4 Å². The van der Waals surface area contributed by atoms with Crippen molar-refractivity contribution >= 4 is 86.7 Å². The van der Waals surface area contributed by atoms with Crippen molar-refractivity contribution in [3.05, 3.63) is 145 Å². The van der Waals surface area contributed by atoms with Crippen LogP contribution in [0.2, 0.25) is 0 Å². The number of nitrogens with zero attached hydrogens (tertiary/aromatic N) is 4. The highest BCUT2D eigenvalue weighted by molar-refractivity contribution is 6.38. The molecule has 0 bridgehead atoms. The lowest BCUT2D eigenvalue weighted by atomic mass is 9.86. The summed E-state index contributed by atoms with van der Waals surface area (Å²) in [6.45, 7) is 4.43. The lowest BCUT2D eigenvalue weighted by Gasteiger charge is -2.24. The number of hydrogen-bond acceptors (Lipinski definition) is 2. The third-order valence-corrected chi connectivity index (χ3v) is 10.9. The van der Waals surface area contributed by atoms with Gasteiger partial charge < -0.3 is 0 Å². The molecule has 236 valence electrons. The summed E-state index contributed by atoms with van der Waals surface area (Å²) in [5.74, 6) is 2.09. The molecule has 11 aromatic rings. The number of aryl methyl sites for hydroxylation is 2. The van der Waals surface area contributed by atoms with Gasteiger partial charge >= 0.3 is 0 Å². The highest BCUT2D eigenvalue weighted by atomic mass is 15.1. The van der Waals surface area contributed by atoms with Crippen LogP contribution in [-0.4, -0.2) is 19.1 Å². The van der Waals surface area contributed by atoms with Gasteiger partial charge in [-0.15, -0.1) is 0 Å². The van der Waals surface area contributed by atoms with Crippen molar-refractivity contribution in [1.29, 1.82) is 0 Å². The molecule has 0 unspecified atom stereocenters. The molecule has 2 aromatic heterocycles. The van der Waals surface area contributed by atoms with Gasteiger partial charge in [-0.05, 0) is 67.4 Å². The number of para-hydroxylation sites is 4. The number of benzene rings is 8. The van der Waals surface area contributed by atoms with E-state index in [0.717, 1.165) is 57.9 Å². The van der Waals surface area contributed by atoms with Gasteiger partial charge in [0.2, 0.25) is 0 Å². The average molecular weight is 641 g/mol. The topological polar surface area (TPSA) is 35.6 Å². The molecule has 50 heavy (non-hydrogen) atoms. The molecule has 0 atom stereocenters. The molecule has 2 heterocycles. The van der Waals surface area contributed by atoms with Crippen LogP contribution in [0.5, 0.6) is 0 Å². The molecule has 4 nitrogen and oxygen atoms in total. The van der Waals surface area contributed by atoms with Crippen molar-refractivity contribution in [1.82, 2.24) is 19.1 Å². The number of fused-ring (bicyclic) bond motifs is 4. The fraction of sp³-hybridized carbons (Fsp3) is 0.0870. The van der Waals surface area contributed by atoms with E-state index in [2.05, 4.69) is 156 Å². The van der Waals surface area contributed by atoms with Crippen molar-refractivity contribution in [2.45, 2.75) is 26.7 Å². The first-order valence-corrected chi connectivity index (χ1v) is 17.6.